The van der Waals surface area contributed by atoms with Crippen LogP contribution in [0.4, 0.5) is 4.39 Å². The minimum Gasteiger partial charge on any atom is -0.329 e. The summed E-state index contributed by atoms with van der Waals surface area (Å²) in [6.07, 6.45) is 8.12. The number of hydrogen-bond acceptors (Lipinski definition) is 3. The Labute approximate surface area is 159 Å². The van der Waals surface area contributed by atoms with Crippen LogP contribution in [0.3, 0.4) is 0 Å². The average molecular weight is 364 g/mol. The highest BCUT2D eigenvalue weighted by Crippen LogP contribution is 2.42. The zero-order chi connectivity index (χ0) is 18.4. The van der Waals surface area contributed by atoms with Crippen molar-refractivity contribution >= 4 is 11.0 Å². The molecule has 27 heavy (non-hydrogen) atoms. The van der Waals surface area contributed by atoms with Crippen LogP contribution in [-0.4, -0.2) is 32.5 Å². The Morgan fingerprint density at radius 1 is 1.15 bits per heavy atom. The monoisotopic (exact) mass is 364 g/mol. The lowest BCUT2D eigenvalue weighted by atomic mass is 9.96. The highest BCUT2D eigenvalue weighted by Gasteiger charge is 2.35. The molecular formula is C22H25FN4. The van der Waals surface area contributed by atoms with Crippen molar-refractivity contribution in [1.29, 1.82) is 0 Å². The second kappa shape index (κ2) is 6.71. The zero-order valence-electron chi connectivity index (χ0n) is 15.8. The van der Waals surface area contributed by atoms with Crippen molar-refractivity contribution in [2.75, 3.05) is 13.1 Å². The molecule has 5 heterocycles. The molecule has 3 aromatic rings. The molecule has 2 aliphatic rings. The fraction of sp³-hybridized carbons (Fsp3) is 0.455. The molecule has 0 bridgehead atoms. The van der Waals surface area contributed by atoms with E-state index in [0.717, 1.165) is 37.3 Å². The summed E-state index contributed by atoms with van der Waals surface area (Å²) in [6.45, 7) is 4.76. The molecule has 2 aliphatic heterocycles. The number of nitrogens with zero attached hydrogens (tertiary/aromatic N) is 4. The van der Waals surface area contributed by atoms with Gasteiger partial charge in [-0.05, 0) is 56.0 Å². The molecule has 1 unspecified atom stereocenters. The fourth-order valence-electron chi connectivity index (χ4n) is 4.86. The van der Waals surface area contributed by atoms with Gasteiger partial charge in [-0.3, -0.25) is 9.88 Å². The van der Waals surface area contributed by atoms with E-state index >= 15 is 0 Å². The first-order chi connectivity index (χ1) is 13.2. The SMILES string of the molecule is Cc1ccc(CCn2c3c(c4cc(CF)cnc42)C2CCCN2CC3)cn1. The smallest absolute Gasteiger partial charge is 0.140 e. The standard InChI is InChI=1S/C22H25FN4/c1-15-4-5-16(13-24-15)6-10-27-20-7-9-26-8-2-3-19(26)21(20)18-11-17(12-23)14-25-22(18)27/h4-5,11,13-14,19H,2-3,6-10,12H2,1H3. The molecule has 0 spiro atoms. The van der Waals surface area contributed by atoms with Crippen LogP contribution in [0.25, 0.3) is 11.0 Å². The first-order valence-electron chi connectivity index (χ1n) is 9.96. The number of hydrogen-bond donors (Lipinski definition) is 0. The maximum atomic E-state index is 13.3. The van der Waals surface area contributed by atoms with Crippen LogP contribution < -0.4 is 0 Å². The molecule has 0 radical (unpaired) electrons. The Bertz CT molecular complexity index is 976. The number of halogens is 1. The lowest BCUT2D eigenvalue weighted by molar-refractivity contribution is 0.242. The fourth-order valence-corrected chi connectivity index (χ4v) is 4.86. The third-order valence-corrected chi connectivity index (χ3v) is 6.19. The van der Waals surface area contributed by atoms with E-state index < -0.39 is 6.67 Å². The average Bonchev–Trinajstić information content (AvgIpc) is 3.29. The number of fused-ring (bicyclic) bond motifs is 5. The maximum absolute atomic E-state index is 13.3. The topological polar surface area (TPSA) is 34.0 Å². The summed E-state index contributed by atoms with van der Waals surface area (Å²) in [4.78, 5) is 11.7. The van der Waals surface area contributed by atoms with Gasteiger partial charge in [-0.1, -0.05) is 6.07 Å². The Kier molecular flexibility index (Phi) is 4.20. The van der Waals surface area contributed by atoms with Crippen molar-refractivity contribution < 1.29 is 4.39 Å². The van der Waals surface area contributed by atoms with Crippen molar-refractivity contribution in [3.8, 4) is 0 Å². The quantitative estimate of drug-likeness (QED) is 0.698. The molecule has 0 aliphatic carbocycles. The van der Waals surface area contributed by atoms with Gasteiger partial charge in [0.05, 0.1) is 0 Å². The van der Waals surface area contributed by atoms with Crippen LogP contribution in [-0.2, 0) is 26.1 Å². The van der Waals surface area contributed by atoms with Gasteiger partial charge in [0, 0.05) is 60.3 Å². The minimum absolute atomic E-state index is 0.452. The summed E-state index contributed by atoms with van der Waals surface area (Å²) in [5.41, 5.74) is 6.82. The molecule has 3 aromatic heterocycles. The van der Waals surface area contributed by atoms with E-state index in [1.807, 2.05) is 19.2 Å². The Morgan fingerprint density at radius 2 is 2.04 bits per heavy atom. The molecule has 0 N–H and O–H groups in total. The van der Waals surface area contributed by atoms with Crippen LogP contribution in [0.2, 0.25) is 0 Å². The predicted octanol–water partition coefficient (Wildman–Crippen LogP) is 4.14. The van der Waals surface area contributed by atoms with Crippen molar-refractivity contribution in [1.82, 2.24) is 19.4 Å². The third-order valence-electron chi connectivity index (χ3n) is 6.19. The Morgan fingerprint density at radius 3 is 2.85 bits per heavy atom. The normalized spacial score (nSPS) is 19.4. The predicted molar refractivity (Wildman–Crippen MR) is 104 cm³/mol. The molecule has 140 valence electrons. The highest BCUT2D eigenvalue weighted by atomic mass is 19.1. The van der Waals surface area contributed by atoms with Gasteiger partial charge in [0.2, 0.25) is 0 Å². The zero-order valence-corrected chi connectivity index (χ0v) is 15.8. The van der Waals surface area contributed by atoms with Crippen molar-refractivity contribution in [3.63, 3.8) is 0 Å². The highest BCUT2D eigenvalue weighted by molar-refractivity contribution is 5.84. The maximum Gasteiger partial charge on any atom is 0.140 e. The van der Waals surface area contributed by atoms with E-state index in [0.29, 0.717) is 11.6 Å². The van der Waals surface area contributed by atoms with E-state index in [9.17, 15) is 4.39 Å². The van der Waals surface area contributed by atoms with Gasteiger partial charge < -0.3 is 4.57 Å². The number of aromatic nitrogens is 3. The van der Waals surface area contributed by atoms with Gasteiger partial charge in [0.25, 0.3) is 0 Å². The second-order valence-electron chi connectivity index (χ2n) is 7.86. The largest absolute Gasteiger partial charge is 0.329 e. The van der Waals surface area contributed by atoms with Crippen LogP contribution >= 0.6 is 0 Å². The molecule has 5 heteroatoms. The lowest BCUT2D eigenvalue weighted by Gasteiger charge is -2.31. The third kappa shape index (κ3) is 2.85. The lowest BCUT2D eigenvalue weighted by Crippen LogP contribution is -2.31. The Hall–Kier alpha value is -2.27. The van der Waals surface area contributed by atoms with E-state index in [2.05, 4.69) is 31.6 Å². The van der Waals surface area contributed by atoms with Gasteiger partial charge in [-0.25, -0.2) is 9.37 Å². The van der Waals surface area contributed by atoms with Gasteiger partial charge >= 0.3 is 0 Å². The van der Waals surface area contributed by atoms with Crippen molar-refractivity contribution in [3.05, 3.63) is 58.7 Å². The number of alkyl halides is 1. The first-order valence-corrected chi connectivity index (χ1v) is 9.96. The number of rotatable bonds is 4. The molecule has 0 aromatic carbocycles. The molecule has 0 amide bonds. The minimum atomic E-state index is -0.452. The molecule has 5 rings (SSSR count). The summed E-state index contributed by atoms with van der Waals surface area (Å²) >= 11 is 0. The van der Waals surface area contributed by atoms with Crippen LogP contribution in [0.15, 0.2) is 30.6 Å². The van der Waals surface area contributed by atoms with Crippen LogP contribution in [0.5, 0.6) is 0 Å². The van der Waals surface area contributed by atoms with E-state index in [-0.39, 0.29) is 0 Å². The Balaban J connectivity index is 1.58. The van der Waals surface area contributed by atoms with Gasteiger partial charge in [-0.15, -0.1) is 0 Å². The van der Waals surface area contributed by atoms with Crippen LogP contribution in [0.1, 0.15) is 47.0 Å². The molecule has 1 saturated heterocycles. The number of pyridine rings is 2. The first kappa shape index (κ1) is 16.9. The summed E-state index contributed by atoms with van der Waals surface area (Å²) in [5.74, 6) is 0. The molecule has 0 saturated carbocycles. The molecular weight excluding hydrogens is 339 g/mol. The van der Waals surface area contributed by atoms with E-state index in [1.54, 1.807) is 6.20 Å². The van der Waals surface area contributed by atoms with E-state index in [4.69, 9.17) is 0 Å². The van der Waals surface area contributed by atoms with Gasteiger partial charge in [0.15, 0.2) is 0 Å². The molecule has 4 nitrogen and oxygen atoms in total. The van der Waals surface area contributed by atoms with Crippen molar-refractivity contribution in [2.24, 2.45) is 0 Å². The van der Waals surface area contributed by atoms with Crippen LogP contribution in [0, 0.1) is 6.92 Å². The number of aryl methyl sites for hydroxylation is 3. The summed E-state index contributed by atoms with van der Waals surface area (Å²) in [7, 11) is 0. The van der Waals surface area contributed by atoms with E-state index in [1.165, 1.54) is 41.6 Å². The molecule has 1 atom stereocenters. The summed E-state index contributed by atoms with van der Waals surface area (Å²) in [6, 6.07) is 6.75. The molecule has 1 fully saturated rings. The second-order valence-corrected chi connectivity index (χ2v) is 7.86. The summed E-state index contributed by atoms with van der Waals surface area (Å²) in [5, 5.41) is 1.17. The van der Waals surface area contributed by atoms with Gasteiger partial charge in [-0.2, -0.15) is 0 Å². The van der Waals surface area contributed by atoms with Crippen molar-refractivity contribution in [2.45, 2.75) is 51.9 Å². The summed E-state index contributed by atoms with van der Waals surface area (Å²) < 4.78 is 15.7. The van der Waals surface area contributed by atoms with Gasteiger partial charge in [0.1, 0.15) is 12.3 Å².